The van der Waals surface area contributed by atoms with Crippen molar-refractivity contribution < 1.29 is 23.0 Å². The lowest BCUT2D eigenvalue weighted by Crippen LogP contribution is -2.42. The van der Waals surface area contributed by atoms with Crippen LogP contribution < -0.4 is 15.4 Å². The van der Waals surface area contributed by atoms with Crippen LogP contribution in [0.2, 0.25) is 0 Å². The van der Waals surface area contributed by atoms with Crippen LogP contribution in [-0.4, -0.2) is 36.9 Å². The molecule has 1 aromatic carbocycles. The molecule has 2 rings (SSSR count). The van der Waals surface area contributed by atoms with Gasteiger partial charge in [-0.2, -0.15) is 24.5 Å². The quantitative estimate of drug-likeness (QED) is 0.469. The molecule has 0 aliphatic heterocycles. The van der Waals surface area contributed by atoms with Crippen molar-refractivity contribution in [2.24, 2.45) is 4.99 Å². The molecular formula is C18H22F3N3O2S. The van der Waals surface area contributed by atoms with Gasteiger partial charge in [-0.05, 0) is 53.6 Å². The molecule has 0 aliphatic rings. The number of alkyl halides is 3. The predicted octanol–water partition coefficient (Wildman–Crippen LogP) is 3.26. The molecule has 0 radical (unpaired) electrons. The second-order valence-electron chi connectivity index (χ2n) is 5.69. The Morgan fingerprint density at radius 1 is 1.22 bits per heavy atom. The van der Waals surface area contributed by atoms with Crippen LogP contribution in [0.15, 0.2) is 46.1 Å². The average molecular weight is 401 g/mol. The lowest BCUT2D eigenvalue weighted by Gasteiger charge is -2.16. The first kappa shape index (κ1) is 21.0. The van der Waals surface area contributed by atoms with E-state index in [0.29, 0.717) is 19.0 Å². The van der Waals surface area contributed by atoms with Crippen molar-refractivity contribution in [3.63, 3.8) is 0 Å². The Balaban J connectivity index is 1.78. The Hall–Kier alpha value is -2.26. The summed E-state index contributed by atoms with van der Waals surface area (Å²) in [7, 11) is 0. The van der Waals surface area contributed by atoms with E-state index in [4.69, 9.17) is 4.74 Å². The maximum absolute atomic E-state index is 12.5. The number of aliphatic hydroxyl groups is 1. The number of nitrogens with zero attached hydrogens (tertiary/aromatic N) is 1. The molecule has 0 spiro atoms. The summed E-state index contributed by atoms with van der Waals surface area (Å²) >= 11 is 1.60. The molecule has 0 saturated carbocycles. The minimum atomic E-state index is -4.38. The first-order valence-corrected chi connectivity index (χ1v) is 9.34. The number of benzene rings is 1. The van der Waals surface area contributed by atoms with E-state index in [1.807, 2.05) is 23.8 Å². The molecule has 0 aliphatic carbocycles. The summed E-state index contributed by atoms with van der Waals surface area (Å²) in [4.78, 5) is 4.42. The molecule has 27 heavy (non-hydrogen) atoms. The van der Waals surface area contributed by atoms with E-state index in [2.05, 4.69) is 15.6 Å². The molecule has 9 heteroatoms. The van der Waals surface area contributed by atoms with Crippen molar-refractivity contribution >= 4 is 17.3 Å². The minimum Gasteiger partial charge on any atom is -0.491 e. The van der Waals surface area contributed by atoms with E-state index in [1.165, 1.54) is 12.1 Å². The topological polar surface area (TPSA) is 65.9 Å². The Morgan fingerprint density at radius 2 is 1.96 bits per heavy atom. The molecular weight excluding hydrogens is 379 g/mol. The lowest BCUT2D eigenvalue weighted by atomic mass is 10.2. The van der Waals surface area contributed by atoms with Gasteiger partial charge in [-0.25, -0.2) is 4.99 Å². The summed E-state index contributed by atoms with van der Waals surface area (Å²) in [6.45, 7) is 3.27. The zero-order valence-electron chi connectivity index (χ0n) is 14.8. The van der Waals surface area contributed by atoms with Crippen molar-refractivity contribution in [1.29, 1.82) is 0 Å². The van der Waals surface area contributed by atoms with E-state index < -0.39 is 17.8 Å². The van der Waals surface area contributed by atoms with Gasteiger partial charge >= 0.3 is 6.18 Å². The molecule has 1 unspecified atom stereocenters. The average Bonchev–Trinajstić information content (AvgIpc) is 3.15. The van der Waals surface area contributed by atoms with Crippen LogP contribution in [0, 0.1) is 0 Å². The highest BCUT2D eigenvalue weighted by molar-refractivity contribution is 7.07. The molecule has 2 aromatic rings. The van der Waals surface area contributed by atoms with Crippen molar-refractivity contribution in [1.82, 2.24) is 10.6 Å². The summed E-state index contributed by atoms with van der Waals surface area (Å²) in [6.07, 6.45) is -5.23. The van der Waals surface area contributed by atoms with E-state index >= 15 is 0 Å². The molecule has 148 valence electrons. The molecule has 3 N–H and O–H groups in total. The monoisotopic (exact) mass is 401 g/mol. The van der Waals surface area contributed by atoms with Crippen LogP contribution in [0.1, 0.15) is 18.1 Å². The van der Waals surface area contributed by atoms with E-state index in [0.717, 1.165) is 17.7 Å². The Kier molecular flexibility index (Phi) is 7.93. The second kappa shape index (κ2) is 10.2. The van der Waals surface area contributed by atoms with E-state index in [1.54, 1.807) is 11.3 Å². The maximum atomic E-state index is 12.5. The van der Waals surface area contributed by atoms with Gasteiger partial charge < -0.3 is 20.5 Å². The van der Waals surface area contributed by atoms with Crippen LogP contribution in [0.25, 0.3) is 0 Å². The fraction of sp³-hybridized carbons (Fsp3) is 0.389. The zero-order chi connectivity index (χ0) is 19.7. The number of halogens is 3. The van der Waals surface area contributed by atoms with Gasteiger partial charge in [-0.15, -0.1) is 0 Å². The number of aliphatic hydroxyl groups excluding tert-OH is 1. The van der Waals surface area contributed by atoms with Gasteiger partial charge in [-0.3, -0.25) is 0 Å². The van der Waals surface area contributed by atoms with Gasteiger partial charge in [0.1, 0.15) is 18.5 Å². The highest BCUT2D eigenvalue weighted by Gasteiger charge is 2.30. The smallest absolute Gasteiger partial charge is 0.416 e. The van der Waals surface area contributed by atoms with Crippen LogP contribution in [0.3, 0.4) is 0 Å². The van der Waals surface area contributed by atoms with Crippen molar-refractivity contribution in [3.8, 4) is 5.75 Å². The number of thiophene rings is 1. The minimum absolute atomic E-state index is 0.0533. The summed E-state index contributed by atoms with van der Waals surface area (Å²) in [5, 5.41) is 20.1. The van der Waals surface area contributed by atoms with Gasteiger partial charge in [0.25, 0.3) is 0 Å². The highest BCUT2D eigenvalue weighted by atomic mass is 32.1. The number of nitrogens with one attached hydrogen (secondary N) is 2. The molecule has 0 saturated heterocycles. The number of aliphatic imine (C=N–C) groups is 1. The summed E-state index contributed by atoms with van der Waals surface area (Å²) in [6, 6.07) is 6.34. The fourth-order valence-corrected chi connectivity index (χ4v) is 2.76. The molecule has 0 fully saturated rings. The number of hydrogen-bond acceptors (Lipinski definition) is 4. The zero-order valence-corrected chi connectivity index (χ0v) is 15.6. The number of rotatable bonds is 8. The molecule has 1 heterocycles. The number of guanidine groups is 1. The van der Waals surface area contributed by atoms with Crippen molar-refractivity contribution in [2.45, 2.75) is 25.7 Å². The van der Waals surface area contributed by atoms with Gasteiger partial charge in [0, 0.05) is 13.1 Å². The van der Waals surface area contributed by atoms with Crippen molar-refractivity contribution in [3.05, 3.63) is 52.2 Å². The molecule has 0 bridgehead atoms. The van der Waals surface area contributed by atoms with Crippen molar-refractivity contribution in [2.75, 3.05) is 19.7 Å². The third kappa shape index (κ3) is 7.48. The standard InChI is InChI=1S/C18H22F3N3O2S/c1-2-22-17(23-9-13-7-8-27-12-13)24-10-15(25)11-26-16-5-3-14(4-6-16)18(19,20)21/h3-8,12,15,25H,2,9-11H2,1H3,(H2,22,23,24). The third-order valence-electron chi connectivity index (χ3n) is 3.47. The Labute approximate surface area is 159 Å². The summed E-state index contributed by atoms with van der Waals surface area (Å²) < 4.78 is 42.9. The molecule has 1 aromatic heterocycles. The largest absolute Gasteiger partial charge is 0.491 e. The number of hydrogen-bond donors (Lipinski definition) is 3. The van der Waals surface area contributed by atoms with Crippen LogP contribution >= 0.6 is 11.3 Å². The van der Waals surface area contributed by atoms with Crippen LogP contribution in [-0.2, 0) is 12.7 Å². The van der Waals surface area contributed by atoms with E-state index in [9.17, 15) is 18.3 Å². The SMILES string of the molecule is CCNC(=NCc1ccsc1)NCC(O)COc1ccc(C(F)(F)F)cc1. The highest BCUT2D eigenvalue weighted by Crippen LogP contribution is 2.30. The van der Waals surface area contributed by atoms with Gasteiger partial charge in [0.05, 0.1) is 12.1 Å². The van der Waals surface area contributed by atoms with Gasteiger partial charge in [0.15, 0.2) is 5.96 Å². The lowest BCUT2D eigenvalue weighted by molar-refractivity contribution is -0.137. The van der Waals surface area contributed by atoms with Crippen LogP contribution in [0.5, 0.6) is 5.75 Å². The first-order chi connectivity index (χ1) is 12.9. The van der Waals surface area contributed by atoms with Crippen LogP contribution in [0.4, 0.5) is 13.2 Å². The summed E-state index contributed by atoms with van der Waals surface area (Å²) in [5.41, 5.74) is 0.359. The predicted molar refractivity (Wildman–Crippen MR) is 100 cm³/mol. The maximum Gasteiger partial charge on any atom is 0.416 e. The van der Waals surface area contributed by atoms with Gasteiger partial charge in [-0.1, -0.05) is 0 Å². The normalized spacial score (nSPS) is 13.3. The summed E-state index contributed by atoms with van der Waals surface area (Å²) in [5.74, 6) is 0.831. The van der Waals surface area contributed by atoms with Gasteiger partial charge in [0.2, 0.25) is 0 Å². The third-order valence-corrected chi connectivity index (χ3v) is 4.21. The molecule has 5 nitrogen and oxygen atoms in total. The fourth-order valence-electron chi connectivity index (χ4n) is 2.10. The molecule has 1 atom stereocenters. The van der Waals surface area contributed by atoms with E-state index in [-0.39, 0.29) is 18.9 Å². The molecule has 0 amide bonds. The second-order valence-corrected chi connectivity index (χ2v) is 6.47. The Morgan fingerprint density at radius 3 is 2.56 bits per heavy atom. The Bertz CT molecular complexity index is 704. The first-order valence-electron chi connectivity index (χ1n) is 8.40. The number of ether oxygens (including phenoxy) is 1.